The summed E-state index contributed by atoms with van der Waals surface area (Å²) >= 11 is 0. The van der Waals surface area contributed by atoms with Crippen LogP contribution >= 0.6 is 0 Å². The van der Waals surface area contributed by atoms with E-state index in [2.05, 4.69) is 45.3 Å². The van der Waals surface area contributed by atoms with Gasteiger partial charge in [0.25, 0.3) is 5.69 Å². The summed E-state index contributed by atoms with van der Waals surface area (Å²) in [6.07, 6.45) is 15.5. The maximum absolute atomic E-state index is 10.4. The second-order valence-corrected chi connectivity index (χ2v) is 10.7. The first-order valence-electron chi connectivity index (χ1n) is 12.7. The first-order valence-corrected chi connectivity index (χ1v) is 14.1. The summed E-state index contributed by atoms with van der Waals surface area (Å²) < 4.78 is 31.3. The fourth-order valence-corrected chi connectivity index (χ4v) is 4.42. The van der Waals surface area contributed by atoms with Gasteiger partial charge in [-0.25, -0.2) is 8.42 Å². The number of nitrogens with one attached hydrogen (secondary N) is 1. The average Bonchev–Trinajstić information content (AvgIpc) is 2.81. The van der Waals surface area contributed by atoms with Crippen LogP contribution in [0.1, 0.15) is 82.3 Å². The van der Waals surface area contributed by atoms with Gasteiger partial charge in [0.1, 0.15) is 16.7 Å². The van der Waals surface area contributed by atoms with Gasteiger partial charge in [-0.3, -0.25) is 10.1 Å². The molecule has 0 bridgehead atoms. The van der Waals surface area contributed by atoms with Crippen molar-refractivity contribution in [3.8, 4) is 0 Å². The van der Waals surface area contributed by atoms with E-state index in [0.29, 0.717) is 0 Å². The predicted octanol–water partition coefficient (Wildman–Crippen LogP) is 5.29. The fourth-order valence-electron chi connectivity index (χ4n) is 3.91. The van der Waals surface area contributed by atoms with Gasteiger partial charge in [0.05, 0.1) is 23.9 Å². The molecule has 1 N–H and O–H groups in total. The molecule has 0 heterocycles. The van der Waals surface area contributed by atoms with Crippen molar-refractivity contribution in [3.05, 3.63) is 69.8 Å². The Bertz CT molecular complexity index is 977. The van der Waals surface area contributed by atoms with E-state index < -0.39 is 25.6 Å². The van der Waals surface area contributed by atoms with E-state index >= 15 is 0 Å². The Morgan fingerprint density at radius 3 is 1.86 bits per heavy atom. The molecule has 0 saturated carbocycles. The second kappa shape index (κ2) is 17.2. The summed E-state index contributed by atoms with van der Waals surface area (Å²) in [4.78, 5) is 10.3. The van der Waals surface area contributed by atoms with Crippen molar-refractivity contribution in [3.63, 3.8) is 0 Å². The van der Waals surface area contributed by atoms with Crippen molar-refractivity contribution in [1.29, 1.82) is 0 Å². The van der Waals surface area contributed by atoms with E-state index in [1.54, 1.807) is 11.1 Å². The Balaban J connectivity index is 0.000000400. The molecule has 0 unspecified atom stereocenters. The zero-order valence-electron chi connectivity index (χ0n) is 21.5. The summed E-state index contributed by atoms with van der Waals surface area (Å²) in [7, 11) is -0.146. The first kappa shape index (κ1) is 30.7. The number of nitrogens with zero attached hydrogens (tertiary/aromatic N) is 1. The van der Waals surface area contributed by atoms with E-state index in [9.17, 15) is 23.1 Å². The number of benzene rings is 2. The molecule has 2 aromatic rings. The molecule has 0 amide bonds. The highest BCUT2D eigenvalue weighted by atomic mass is 32.2. The smallest absolute Gasteiger partial charge is 0.270 e. The van der Waals surface area contributed by atoms with Crippen LogP contribution in [0.2, 0.25) is 0 Å². The van der Waals surface area contributed by atoms with Crippen LogP contribution in [0.4, 0.5) is 5.69 Å². The van der Waals surface area contributed by atoms with Crippen LogP contribution < -0.4 is 4.90 Å². The molecule has 7 nitrogen and oxygen atoms in total. The summed E-state index contributed by atoms with van der Waals surface area (Å²) in [5.74, 6) is 0. The van der Waals surface area contributed by atoms with Crippen molar-refractivity contribution < 1.29 is 22.8 Å². The zero-order valence-corrected chi connectivity index (χ0v) is 22.3. The second-order valence-electron chi connectivity index (χ2n) is 9.29. The van der Waals surface area contributed by atoms with Crippen LogP contribution in [0.15, 0.2) is 53.4 Å². The van der Waals surface area contributed by atoms with Gasteiger partial charge in [0.2, 0.25) is 0 Å². The number of hydrogen-bond donors (Lipinski definition) is 1. The summed E-state index contributed by atoms with van der Waals surface area (Å²) in [6, 6.07) is 13.0. The molecular formula is C27H42N2O5S. The molecule has 0 radical (unpaired) electrons. The maximum atomic E-state index is 10.4. The van der Waals surface area contributed by atoms with Gasteiger partial charge in [-0.2, -0.15) is 0 Å². The molecule has 196 valence electrons. The minimum atomic E-state index is -4.61. The summed E-state index contributed by atoms with van der Waals surface area (Å²) in [5, 5.41) is 10.2. The molecular weight excluding hydrogens is 464 g/mol. The van der Waals surface area contributed by atoms with Crippen LogP contribution in [-0.4, -0.2) is 32.0 Å². The van der Waals surface area contributed by atoms with E-state index in [-0.39, 0.29) is 0 Å². The number of quaternary nitrogens is 1. The molecule has 2 rings (SSSR count). The number of hydrogen-bond acceptors (Lipinski definition) is 5. The molecule has 35 heavy (non-hydrogen) atoms. The highest BCUT2D eigenvalue weighted by Gasteiger charge is 2.08. The van der Waals surface area contributed by atoms with Crippen LogP contribution in [0.3, 0.4) is 0 Å². The lowest BCUT2D eigenvalue weighted by Crippen LogP contribution is -3.04. The fraction of sp³-hybridized carbons (Fsp3) is 0.556. The van der Waals surface area contributed by atoms with Crippen molar-refractivity contribution >= 4 is 15.8 Å². The third-order valence-electron chi connectivity index (χ3n) is 5.78. The third-order valence-corrected chi connectivity index (χ3v) is 6.61. The van der Waals surface area contributed by atoms with Gasteiger partial charge in [0.15, 0.2) is 0 Å². The molecule has 0 spiro atoms. The minimum absolute atomic E-state index is 0.420. The van der Waals surface area contributed by atoms with Crippen molar-refractivity contribution in [2.75, 3.05) is 14.1 Å². The Morgan fingerprint density at radius 2 is 1.34 bits per heavy atom. The molecule has 0 aliphatic rings. The Hall–Kier alpha value is -2.29. The third kappa shape index (κ3) is 14.0. The minimum Gasteiger partial charge on any atom is -0.744 e. The number of non-ortho nitro benzene ring substituents is 1. The van der Waals surface area contributed by atoms with Gasteiger partial charge in [-0.05, 0) is 24.5 Å². The van der Waals surface area contributed by atoms with E-state index in [1.807, 2.05) is 0 Å². The van der Waals surface area contributed by atoms with Crippen LogP contribution in [0.25, 0.3) is 0 Å². The molecule has 0 aliphatic carbocycles. The predicted molar refractivity (Wildman–Crippen MR) is 140 cm³/mol. The van der Waals surface area contributed by atoms with E-state index in [1.165, 1.54) is 75.5 Å². The molecule has 8 heteroatoms. The number of aryl methyl sites for hydroxylation is 1. The molecule has 2 aromatic carbocycles. The van der Waals surface area contributed by atoms with Gasteiger partial charge in [-0.1, -0.05) is 95.0 Å². The Labute approximate surface area is 211 Å². The largest absolute Gasteiger partial charge is 0.744 e. The molecule has 0 saturated heterocycles. The number of nitro groups is 1. The van der Waals surface area contributed by atoms with E-state index in [0.717, 1.165) is 30.8 Å². The molecule has 0 aliphatic heterocycles. The van der Waals surface area contributed by atoms with Crippen molar-refractivity contribution in [1.82, 2.24) is 0 Å². The lowest BCUT2D eigenvalue weighted by molar-refractivity contribution is -0.872. The normalized spacial score (nSPS) is 11.2. The Morgan fingerprint density at radius 1 is 0.800 bits per heavy atom. The average molecular weight is 507 g/mol. The van der Waals surface area contributed by atoms with Crippen molar-refractivity contribution in [2.45, 2.75) is 89.0 Å². The summed E-state index contributed by atoms with van der Waals surface area (Å²) in [5.41, 5.74) is 2.69. The monoisotopic (exact) mass is 506 g/mol. The van der Waals surface area contributed by atoms with Crippen LogP contribution in [-0.2, 0) is 23.1 Å². The van der Waals surface area contributed by atoms with Gasteiger partial charge < -0.3 is 9.45 Å². The van der Waals surface area contributed by atoms with Crippen LogP contribution in [0, 0.1) is 10.1 Å². The molecule has 0 fully saturated rings. The maximum Gasteiger partial charge on any atom is 0.270 e. The topological polar surface area (TPSA) is 105 Å². The van der Waals surface area contributed by atoms with Crippen LogP contribution in [0.5, 0.6) is 0 Å². The SMILES string of the molecule is CCCCCCCCCCCCc1ccccc1C[NH+](C)C.O=[N+]([O-])c1cccc(S(=O)(=O)[O-])c1. The standard InChI is InChI=1S/C21H37N.C6H5NO5S/c1-4-5-6-7-8-9-10-11-12-13-16-20-17-14-15-18-21(20)19-22(2)3;8-7(9)5-2-1-3-6(4-5)13(10,11)12/h14-15,17-18H,4-13,16,19H2,1-3H3;1-4H,(H,10,11,12). The highest BCUT2D eigenvalue weighted by molar-refractivity contribution is 7.85. The lowest BCUT2D eigenvalue weighted by atomic mass is 10.00. The number of rotatable bonds is 15. The van der Waals surface area contributed by atoms with Gasteiger partial charge in [0, 0.05) is 17.7 Å². The highest BCUT2D eigenvalue weighted by Crippen LogP contribution is 2.17. The summed E-state index contributed by atoms with van der Waals surface area (Å²) in [6.45, 7) is 3.44. The lowest BCUT2D eigenvalue weighted by Gasteiger charge is -2.12. The number of unbranched alkanes of at least 4 members (excludes halogenated alkanes) is 9. The first-order chi connectivity index (χ1) is 16.6. The van der Waals surface area contributed by atoms with Gasteiger partial charge >= 0.3 is 0 Å². The molecule has 0 atom stereocenters. The quantitative estimate of drug-likeness (QED) is 0.153. The zero-order chi connectivity index (χ0) is 26.1. The van der Waals surface area contributed by atoms with E-state index in [4.69, 9.17) is 0 Å². The number of nitro benzene ring substituents is 1. The Kier molecular flexibility index (Phi) is 15.1. The van der Waals surface area contributed by atoms with Crippen molar-refractivity contribution in [2.24, 2.45) is 0 Å². The molecule has 0 aromatic heterocycles. The van der Waals surface area contributed by atoms with Gasteiger partial charge in [-0.15, -0.1) is 0 Å².